The van der Waals surface area contributed by atoms with Crippen LogP contribution in [0.1, 0.15) is 37.6 Å². The molecule has 0 bridgehead atoms. The molecule has 2 atom stereocenters. The molecule has 2 aromatic rings. The monoisotopic (exact) mass is 313 g/mol. The van der Waals surface area contributed by atoms with Gasteiger partial charge in [0.25, 0.3) is 0 Å². The van der Waals surface area contributed by atoms with Gasteiger partial charge in [0.2, 0.25) is 11.9 Å². The summed E-state index contributed by atoms with van der Waals surface area (Å²) in [5.41, 5.74) is 8.01. The first-order valence-electron chi connectivity index (χ1n) is 8.29. The van der Waals surface area contributed by atoms with E-state index in [0.29, 0.717) is 12.0 Å². The maximum Gasteiger partial charge on any atom is 0.232 e. The second-order valence-electron chi connectivity index (χ2n) is 6.36. The molecular formula is C17H25N6+. The number of benzene rings is 1. The fourth-order valence-corrected chi connectivity index (χ4v) is 3.13. The molecule has 1 saturated heterocycles. The molecule has 1 fully saturated rings. The van der Waals surface area contributed by atoms with Crippen molar-refractivity contribution in [3.05, 3.63) is 35.7 Å². The Balaban J connectivity index is 1.77. The number of likely N-dealkylation sites (tertiary alicyclic amines) is 1. The number of nitrogen functional groups attached to an aromatic ring is 1. The summed E-state index contributed by atoms with van der Waals surface area (Å²) in [6.07, 6.45) is 3.86. The van der Waals surface area contributed by atoms with Crippen LogP contribution in [0.15, 0.2) is 24.3 Å². The van der Waals surface area contributed by atoms with E-state index in [0.717, 1.165) is 23.6 Å². The zero-order valence-corrected chi connectivity index (χ0v) is 13.8. The Morgan fingerprint density at radius 3 is 2.83 bits per heavy atom. The second kappa shape index (κ2) is 6.91. The maximum absolute atomic E-state index is 5.88. The molecule has 1 aliphatic rings. The van der Waals surface area contributed by atoms with Gasteiger partial charge in [-0.2, -0.15) is 15.0 Å². The minimum Gasteiger partial charge on any atom is -0.368 e. The molecule has 3 rings (SSSR count). The number of nitrogens with zero attached hydrogens (tertiary/aromatic N) is 3. The third-order valence-electron chi connectivity index (χ3n) is 4.56. The number of para-hydroxylation sites is 1. The Kier molecular flexibility index (Phi) is 4.71. The van der Waals surface area contributed by atoms with Crippen LogP contribution in [0.2, 0.25) is 0 Å². The normalized spacial score (nSPS) is 21.1. The molecule has 1 aliphatic heterocycles. The lowest BCUT2D eigenvalue weighted by Crippen LogP contribution is -3.15. The summed E-state index contributed by atoms with van der Waals surface area (Å²) in [6, 6.07) is 8.70. The molecule has 0 amide bonds. The van der Waals surface area contributed by atoms with Gasteiger partial charge in [0.15, 0.2) is 5.82 Å². The van der Waals surface area contributed by atoms with E-state index >= 15 is 0 Å². The third-order valence-corrected chi connectivity index (χ3v) is 4.56. The quantitative estimate of drug-likeness (QED) is 0.796. The Hall–Kier alpha value is -2.21. The van der Waals surface area contributed by atoms with Gasteiger partial charge in [-0.1, -0.05) is 18.2 Å². The number of aryl methyl sites for hydroxylation is 1. The molecule has 122 valence electrons. The van der Waals surface area contributed by atoms with E-state index in [4.69, 9.17) is 5.73 Å². The Bertz CT molecular complexity index is 672. The van der Waals surface area contributed by atoms with Crippen molar-refractivity contribution in [2.45, 2.75) is 45.7 Å². The topological polar surface area (TPSA) is 81.2 Å². The van der Waals surface area contributed by atoms with Gasteiger partial charge >= 0.3 is 0 Å². The Morgan fingerprint density at radius 2 is 2.04 bits per heavy atom. The second-order valence-corrected chi connectivity index (χ2v) is 6.36. The van der Waals surface area contributed by atoms with Crippen LogP contribution in [0.4, 0.5) is 17.6 Å². The lowest BCUT2D eigenvalue weighted by molar-refractivity contribution is -0.942. The first-order chi connectivity index (χ1) is 11.1. The summed E-state index contributed by atoms with van der Waals surface area (Å²) >= 11 is 0. The van der Waals surface area contributed by atoms with Crippen LogP contribution < -0.4 is 16.0 Å². The van der Waals surface area contributed by atoms with Crippen LogP contribution in [-0.4, -0.2) is 27.5 Å². The molecule has 0 aliphatic carbocycles. The van der Waals surface area contributed by atoms with Gasteiger partial charge in [-0.3, -0.25) is 0 Å². The van der Waals surface area contributed by atoms with Crippen molar-refractivity contribution in [3.63, 3.8) is 0 Å². The molecule has 2 heterocycles. The summed E-state index contributed by atoms with van der Waals surface area (Å²) in [5, 5.41) is 3.25. The molecule has 4 N–H and O–H groups in total. The summed E-state index contributed by atoms with van der Waals surface area (Å²) in [5.74, 6) is 1.55. The SMILES string of the molecule is Cc1ccccc1Nc1nc(N)nc(C[NH+]2CCCC[C@H]2C)n1. The molecule has 0 spiro atoms. The summed E-state index contributed by atoms with van der Waals surface area (Å²) in [4.78, 5) is 14.6. The standard InChI is InChI=1S/C17H24N6/c1-12-7-3-4-9-14(12)19-17-21-15(20-16(18)22-17)11-23-10-6-5-8-13(23)2/h3-4,7,9,13H,5-6,8,10-11H2,1-2H3,(H3,18,19,20,21,22)/p+1/t13-/m1/s1. The van der Waals surface area contributed by atoms with Gasteiger partial charge in [-0.05, 0) is 44.7 Å². The lowest BCUT2D eigenvalue weighted by atomic mass is 10.0. The molecule has 1 aromatic carbocycles. The van der Waals surface area contributed by atoms with Crippen LogP contribution in [0.25, 0.3) is 0 Å². The molecule has 0 radical (unpaired) electrons. The molecule has 1 unspecified atom stereocenters. The predicted octanol–water partition coefficient (Wildman–Crippen LogP) is 1.46. The zero-order valence-electron chi connectivity index (χ0n) is 13.8. The van der Waals surface area contributed by atoms with E-state index in [1.54, 1.807) is 0 Å². The Labute approximate surface area is 137 Å². The largest absolute Gasteiger partial charge is 0.368 e. The summed E-state index contributed by atoms with van der Waals surface area (Å²) < 4.78 is 0. The number of hydrogen-bond acceptors (Lipinski definition) is 5. The van der Waals surface area contributed by atoms with Crippen molar-refractivity contribution < 1.29 is 4.90 Å². The third kappa shape index (κ3) is 3.96. The summed E-state index contributed by atoms with van der Waals surface area (Å²) in [7, 11) is 0. The smallest absolute Gasteiger partial charge is 0.232 e. The number of quaternary nitrogens is 1. The highest BCUT2D eigenvalue weighted by Gasteiger charge is 2.23. The number of anilines is 3. The van der Waals surface area contributed by atoms with E-state index < -0.39 is 0 Å². The number of piperidine rings is 1. The van der Waals surface area contributed by atoms with E-state index in [1.165, 1.54) is 30.7 Å². The molecule has 0 saturated carbocycles. The van der Waals surface area contributed by atoms with Gasteiger partial charge in [0.1, 0.15) is 6.54 Å². The molecule has 6 nitrogen and oxygen atoms in total. The molecule has 23 heavy (non-hydrogen) atoms. The number of rotatable bonds is 4. The van der Waals surface area contributed by atoms with Crippen LogP contribution in [-0.2, 0) is 6.54 Å². The lowest BCUT2D eigenvalue weighted by Gasteiger charge is -2.29. The number of hydrogen-bond donors (Lipinski definition) is 3. The summed E-state index contributed by atoms with van der Waals surface area (Å²) in [6.45, 7) is 6.32. The molecular weight excluding hydrogens is 288 g/mol. The highest BCUT2D eigenvalue weighted by molar-refractivity contribution is 5.58. The minimum absolute atomic E-state index is 0.273. The maximum atomic E-state index is 5.88. The average Bonchev–Trinajstić information content (AvgIpc) is 2.51. The van der Waals surface area contributed by atoms with E-state index in [1.807, 2.05) is 31.2 Å². The van der Waals surface area contributed by atoms with Crippen molar-refractivity contribution in [1.29, 1.82) is 0 Å². The van der Waals surface area contributed by atoms with Crippen molar-refractivity contribution in [1.82, 2.24) is 15.0 Å². The van der Waals surface area contributed by atoms with Crippen LogP contribution >= 0.6 is 0 Å². The van der Waals surface area contributed by atoms with Crippen LogP contribution in [0.5, 0.6) is 0 Å². The highest BCUT2D eigenvalue weighted by atomic mass is 15.2. The number of nitrogens with two attached hydrogens (primary N) is 1. The van der Waals surface area contributed by atoms with Crippen molar-refractivity contribution in [2.24, 2.45) is 0 Å². The van der Waals surface area contributed by atoms with Crippen LogP contribution in [0.3, 0.4) is 0 Å². The average molecular weight is 313 g/mol. The van der Waals surface area contributed by atoms with Gasteiger partial charge in [0.05, 0.1) is 12.6 Å². The van der Waals surface area contributed by atoms with Gasteiger partial charge < -0.3 is 16.0 Å². The number of nitrogens with one attached hydrogen (secondary N) is 2. The van der Waals surface area contributed by atoms with Crippen molar-refractivity contribution in [3.8, 4) is 0 Å². The van der Waals surface area contributed by atoms with Crippen molar-refractivity contribution >= 4 is 17.6 Å². The molecule has 6 heteroatoms. The predicted molar refractivity (Wildman–Crippen MR) is 91.5 cm³/mol. The number of aromatic nitrogens is 3. The zero-order chi connectivity index (χ0) is 16.2. The van der Waals surface area contributed by atoms with Gasteiger partial charge in [-0.15, -0.1) is 0 Å². The van der Waals surface area contributed by atoms with Gasteiger partial charge in [-0.25, -0.2) is 0 Å². The minimum atomic E-state index is 0.273. The first kappa shape index (κ1) is 15.7. The van der Waals surface area contributed by atoms with E-state index in [9.17, 15) is 0 Å². The Morgan fingerprint density at radius 1 is 1.22 bits per heavy atom. The molecule has 1 aromatic heterocycles. The van der Waals surface area contributed by atoms with Crippen molar-refractivity contribution in [2.75, 3.05) is 17.6 Å². The van der Waals surface area contributed by atoms with Gasteiger partial charge in [0, 0.05) is 5.69 Å². The van der Waals surface area contributed by atoms with E-state index in [-0.39, 0.29) is 5.95 Å². The van der Waals surface area contributed by atoms with Crippen LogP contribution in [0, 0.1) is 6.92 Å². The first-order valence-corrected chi connectivity index (χ1v) is 8.29. The fourth-order valence-electron chi connectivity index (χ4n) is 3.13. The fraction of sp³-hybridized carbons (Fsp3) is 0.471. The highest BCUT2D eigenvalue weighted by Crippen LogP contribution is 2.17. The van der Waals surface area contributed by atoms with E-state index in [2.05, 4.69) is 27.2 Å².